The third-order valence-electron chi connectivity index (χ3n) is 10.1. The summed E-state index contributed by atoms with van der Waals surface area (Å²) < 4.78 is 17.6. The van der Waals surface area contributed by atoms with E-state index in [1.54, 1.807) is 0 Å². The summed E-state index contributed by atoms with van der Waals surface area (Å²) >= 11 is 0. The first kappa shape index (κ1) is 31.4. The van der Waals surface area contributed by atoms with Crippen LogP contribution in [0, 0.1) is 5.92 Å². The predicted molar refractivity (Wildman–Crippen MR) is 171 cm³/mol. The lowest BCUT2D eigenvalue weighted by molar-refractivity contribution is -0.161. The van der Waals surface area contributed by atoms with E-state index in [4.69, 9.17) is 14.2 Å². The lowest BCUT2D eigenvalue weighted by Crippen LogP contribution is -2.66. The van der Waals surface area contributed by atoms with Crippen LogP contribution in [0.3, 0.4) is 0 Å². The van der Waals surface area contributed by atoms with Gasteiger partial charge in [0.15, 0.2) is 0 Å². The number of carbonyl (C=O) groups is 3. The Morgan fingerprint density at radius 1 is 0.889 bits per heavy atom. The summed E-state index contributed by atoms with van der Waals surface area (Å²) in [5.41, 5.74) is 3.16. The summed E-state index contributed by atoms with van der Waals surface area (Å²) in [6, 6.07) is 15.8. The molecule has 0 unspecified atom stereocenters. The maximum absolute atomic E-state index is 13.7. The molecule has 2 aliphatic heterocycles. The molecule has 7 rings (SSSR count). The average Bonchev–Trinajstić information content (AvgIpc) is 3.35. The summed E-state index contributed by atoms with van der Waals surface area (Å²) in [7, 11) is 0. The minimum Gasteiger partial charge on any atom is -0.449 e. The Balaban J connectivity index is 1.05. The number of ether oxygens (including phenoxy) is 3. The summed E-state index contributed by atoms with van der Waals surface area (Å²) in [5, 5.41) is 9.14. The molecule has 2 aromatic rings. The van der Waals surface area contributed by atoms with Crippen LogP contribution in [0.5, 0.6) is 0 Å². The third-order valence-corrected chi connectivity index (χ3v) is 10.1. The number of fused-ring (bicyclic) bond motifs is 6. The number of alkyl carbamates (subject to hydrolysis) is 2. The molecule has 3 aliphatic carbocycles. The van der Waals surface area contributed by atoms with Crippen LogP contribution in [0.25, 0.3) is 11.1 Å². The number of benzene rings is 2. The SMILES string of the molecule is CC(C)(C)OC(=O)NC12CCC(CNC(=O)[C@H](NC(=O)OCC3c4ccccc4-c4ccccc43)C3CCCCC3)(CC1)OC2. The molecule has 2 saturated heterocycles. The van der Waals surface area contributed by atoms with Crippen LogP contribution in [-0.4, -0.2) is 60.6 Å². The Hall–Kier alpha value is -3.59. The molecule has 5 aliphatic rings. The molecule has 3 N–H and O–H groups in total. The highest BCUT2D eigenvalue weighted by molar-refractivity contribution is 5.86. The topological polar surface area (TPSA) is 115 Å². The van der Waals surface area contributed by atoms with Crippen molar-refractivity contribution in [2.75, 3.05) is 19.8 Å². The summed E-state index contributed by atoms with van der Waals surface area (Å²) in [4.78, 5) is 39.4. The molecule has 4 fully saturated rings. The van der Waals surface area contributed by atoms with Gasteiger partial charge in [-0.3, -0.25) is 4.79 Å². The van der Waals surface area contributed by atoms with Gasteiger partial charge in [-0.25, -0.2) is 9.59 Å². The number of nitrogens with one attached hydrogen (secondary N) is 3. The maximum atomic E-state index is 13.7. The minimum atomic E-state index is -0.669. The lowest BCUT2D eigenvalue weighted by Gasteiger charge is -2.53. The molecule has 2 heterocycles. The fourth-order valence-corrected chi connectivity index (χ4v) is 7.66. The van der Waals surface area contributed by atoms with E-state index < -0.39 is 35.0 Å². The van der Waals surface area contributed by atoms with Crippen molar-refractivity contribution in [3.05, 3.63) is 59.7 Å². The molecule has 3 amide bonds. The molecule has 9 heteroatoms. The normalized spacial score (nSPS) is 25.0. The predicted octanol–water partition coefficient (Wildman–Crippen LogP) is 6.20. The Morgan fingerprint density at radius 3 is 2.09 bits per heavy atom. The maximum Gasteiger partial charge on any atom is 0.408 e. The largest absolute Gasteiger partial charge is 0.449 e. The zero-order valence-electron chi connectivity index (χ0n) is 26.8. The van der Waals surface area contributed by atoms with Crippen molar-refractivity contribution in [1.29, 1.82) is 0 Å². The van der Waals surface area contributed by atoms with Crippen LogP contribution in [0.15, 0.2) is 48.5 Å². The van der Waals surface area contributed by atoms with Crippen LogP contribution in [0.2, 0.25) is 0 Å². The summed E-state index contributed by atoms with van der Waals surface area (Å²) in [6.45, 7) is 6.49. The first-order chi connectivity index (χ1) is 21.6. The molecule has 2 aromatic carbocycles. The van der Waals surface area contributed by atoms with E-state index >= 15 is 0 Å². The average molecular weight is 618 g/mol. The van der Waals surface area contributed by atoms with E-state index in [2.05, 4.69) is 40.2 Å². The quantitative estimate of drug-likeness (QED) is 0.325. The van der Waals surface area contributed by atoms with Crippen LogP contribution < -0.4 is 16.0 Å². The van der Waals surface area contributed by atoms with Gasteiger partial charge < -0.3 is 30.2 Å². The fourth-order valence-electron chi connectivity index (χ4n) is 7.66. The van der Waals surface area contributed by atoms with Crippen LogP contribution >= 0.6 is 0 Å². The molecule has 9 nitrogen and oxygen atoms in total. The van der Waals surface area contributed by atoms with E-state index in [1.165, 1.54) is 11.1 Å². The van der Waals surface area contributed by atoms with Gasteiger partial charge in [0.05, 0.1) is 17.7 Å². The van der Waals surface area contributed by atoms with Gasteiger partial charge in [0, 0.05) is 12.5 Å². The van der Waals surface area contributed by atoms with Gasteiger partial charge in [0.25, 0.3) is 0 Å². The van der Waals surface area contributed by atoms with Gasteiger partial charge in [-0.05, 0) is 87.5 Å². The lowest BCUT2D eigenvalue weighted by atomic mass is 9.71. The highest BCUT2D eigenvalue weighted by atomic mass is 16.6. The van der Waals surface area contributed by atoms with Crippen molar-refractivity contribution < 1.29 is 28.6 Å². The van der Waals surface area contributed by atoms with Crippen molar-refractivity contribution in [3.8, 4) is 11.1 Å². The molecule has 2 saturated carbocycles. The molecule has 242 valence electrons. The van der Waals surface area contributed by atoms with Gasteiger partial charge in [-0.2, -0.15) is 0 Å². The first-order valence-corrected chi connectivity index (χ1v) is 16.6. The van der Waals surface area contributed by atoms with E-state index in [0.29, 0.717) is 13.2 Å². The fraction of sp³-hybridized carbons (Fsp3) is 0.583. The molecule has 0 aromatic heterocycles. The highest BCUT2D eigenvalue weighted by Crippen LogP contribution is 2.45. The van der Waals surface area contributed by atoms with Crippen molar-refractivity contribution in [1.82, 2.24) is 16.0 Å². The number of carbonyl (C=O) groups excluding carboxylic acids is 3. The Kier molecular flexibility index (Phi) is 8.83. The number of hydrogen-bond donors (Lipinski definition) is 3. The van der Waals surface area contributed by atoms with E-state index in [0.717, 1.165) is 68.9 Å². The molecule has 1 atom stereocenters. The molecule has 2 bridgehead atoms. The van der Waals surface area contributed by atoms with Crippen molar-refractivity contribution >= 4 is 18.1 Å². The minimum absolute atomic E-state index is 0.0455. The van der Waals surface area contributed by atoms with Gasteiger partial charge in [0.2, 0.25) is 5.91 Å². The first-order valence-electron chi connectivity index (χ1n) is 16.6. The Morgan fingerprint density at radius 2 is 1.51 bits per heavy atom. The Bertz CT molecular complexity index is 1340. The van der Waals surface area contributed by atoms with E-state index in [-0.39, 0.29) is 24.3 Å². The van der Waals surface area contributed by atoms with Gasteiger partial charge >= 0.3 is 12.2 Å². The van der Waals surface area contributed by atoms with E-state index in [9.17, 15) is 14.4 Å². The highest BCUT2D eigenvalue weighted by Gasteiger charge is 2.51. The van der Waals surface area contributed by atoms with E-state index in [1.807, 2.05) is 45.0 Å². The summed E-state index contributed by atoms with van der Waals surface area (Å²) in [6.07, 6.45) is 6.97. The third kappa shape index (κ3) is 6.98. The van der Waals surface area contributed by atoms with Gasteiger partial charge in [-0.1, -0.05) is 67.8 Å². The van der Waals surface area contributed by atoms with Gasteiger partial charge in [0.1, 0.15) is 18.2 Å². The second-order valence-corrected chi connectivity index (χ2v) is 14.4. The smallest absolute Gasteiger partial charge is 0.408 e. The Labute approximate surface area is 266 Å². The van der Waals surface area contributed by atoms with Gasteiger partial charge in [-0.15, -0.1) is 0 Å². The second-order valence-electron chi connectivity index (χ2n) is 14.4. The molecule has 0 radical (unpaired) electrons. The zero-order valence-corrected chi connectivity index (χ0v) is 26.8. The van der Waals surface area contributed by atoms with Crippen LogP contribution in [0.1, 0.15) is 95.6 Å². The van der Waals surface area contributed by atoms with Crippen LogP contribution in [-0.2, 0) is 19.0 Å². The molecule has 45 heavy (non-hydrogen) atoms. The van der Waals surface area contributed by atoms with Crippen LogP contribution in [0.4, 0.5) is 9.59 Å². The van der Waals surface area contributed by atoms with Crippen molar-refractivity contribution in [3.63, 3.8) is 0 Å². The second kappa shape index (κ2) is 12.7. The number of hydrogen-bond acceptors (Lipinski definition) is 6. The number of rotatable bonds is 8. The summed E-state index contributed by atoms with van der Waals surface area (Å²) in [5.74, 6) is -0.181. The standard InChI is InChI=1S/C36H47N3O6/c1-34(2,3)45-33(42)39-35-17-19-36(20-18-35,44-23-35)22-37-31(40)30(24-11-5-4-6-12-24)38-32(41)43-21-29-27-15-9-7-13-25(27)26-14-8-10-16-28(26)29/h7-10,13-16,24,29-30H,4-6,11-12,17-23H2,1-3H3,(H,37,40)(H,38,41)(H,39,42)/t30-,35?,36?/m1/s1. The number of amides is 3. The molecular weight excluding hydrogens is 570 g/mol. The van der Waals surface area contributed by atoms with Crippen molar-refractivity contribution in [2.24, 2.45) is 5.92 Å². The van der Waals surface area contributed by atoms with Crippen molar-refractivity contribution in [2.45, 2.75) is 107 Å². The molecule has 0 spiro atoms. The molecular formula is C36H47N3O6. The zero-order chi connectivity index (χ0) is 31.7. The monoisotopic (exact) mass is 617 g/mol.